The van der Waals surface area contributed by atoms with Gasteiger partial charge in [0.2, 0.25) is 5.91 Å². The summed E-state index contributed by atoms with van der Waals surface area (Å²) in [4.78, 5) is 12.0. The van der Waals surface area contributed by atoms with E-state index in [1.54, 1.807) is 0 Å². The van der Waals surface area contributed by atoms with Crippen molar-refractivity contribution in [3.05, 3.63) is 18.2 Å². The first kappa shape index (κ1) is 13.7. The summed E-state index contributed by atoms with van der Waals surface area (Å²) in [6.07, 6.45) is 2.63. The standard InChI is InChI=1S/C15H22N2O2/c1-4-6-11-9-14(18)17-15-12(16-11)7-5-8-13(15)19-10(2)3/h5,7-8,10-11,16H,4,6,9H2,1-3H3,(H,17,18). The monoisotopic (exact) mass is 262 g/mol. The van der Waals surface area contributed by atoms with Crippen molar-refractivity contribution in [1.82, 2.24) is 0 Å². The van der Waals surface area contributed by atoms with E-state index in [0.717, 1.165) is 30.0 Å². The van der Waals surface area contributed by atoms with Gasteiger partial charge in [-0.1, -0.05) is 19.4 Å². The fourth-order valence-corrected chi connectivity index (χ4v) is 2.34. The molecule has 2 N–H and O–H groups in total. The molecule has 1 aliphatic heterocycles. The van der Waals surface area contributed by atoms with Gasteiger partial charge < -0.3 is 15.4 Å². The van der Waals surface area contributed by atoms with Gasteiger partial charge in [-0.2, -0.15) is 0 Å². The van der Waals surface area contributed by atoms with Crippen molar-refractivity contribution in [1.29, 1.82) is 0 Å². The minimum atomic E-state index is 0.0458. The lowest BCUT2D eigenvalue weighted by molar-refractivity contribution is -0.116. The zero-order chi connectivity index (χ0) is 13.8. The molecule has 1 aliphatic rings. The first-order valence-electron chi connectivity index (χ1n) is 6.96. The topological polar surface area (TPSA) is 50.4 Å². The van der Waals surface area contributed by atoms with Gasteiger partial charge in [-0.15, -0.1) is 0 Å². The van der Waals surface area contributed by atoms with Crippen LogP contribution in [0.2, 0.25) is 0 Å². The molecule has 0 saturated heterocycles. The van der Waals surface area contributed by atoms with Gasteiger partial charge in [-0.3, -0.25) is 4.79 Å². The Kier molecular flexibility index (Phi) is 4.30. The van der Waals surface area contributed by atoms with E-state index < -0.39 is 0 Å². The number of para-hydroxylation sites is 1. The van der Waals surface area contributed by atoms with Crippen molar-refractivity contribution in [2.75, 3.05) is 10.6 Å². The van der Waals surface area contributed by atoms with Gasteiger partial charge in [-0.25, -0.2) is 0 Å². The Bertz CT molecular complexity index is 457. The molecule has 1 aromatic rings. The van der Waals surface area contributed by atoms with Crippen LogP contribution < -0.4 is 15.4 Å². The summed E-state index contributed by atoms with van der Waals surface area (Å²) in [5, 5.41) is 6.40. The average molecular weight is 262 g/mol. The van der Waals surface area contributed by atoms with Crippen molar-refractivity contribution < 1.29 is 9.53 Å². The van der Waals surface area contributed by atoms with Gasteiger partial charge in [0, 0.05) is 12.5 Å². The second-order valence-electron chi connectivity index (χ2n) is 5.23. The van der Waals surface area contributed by atoms with Crippen LogP contribution in [-0.2, 0) is 4.79 Å². The van der Waals surface area contributed by atoms with E-state index >= 15 is 0 Å². The van der Waals surface area contributed by atoms with Gasteiger partial charge in [-0.05, 0) is 32.4 Å². The van der Waals surface area contributed by atoms with Gasteiger partial charge in [0.05, 0.1) is 11.8 Å². The van der Waals surface area contributed by atoms with E-state index in [1.165, 1.54) is 0 Å². The number of hydrogen-bond acceptors (Lipinski definition) is 3. The van der Waals surface area contributed by atoms with Crippen LogP contribution in [0.25, 0.3) is 0 Å². The highest BCUT2D eigenvalue weighted by molar-refractivity contribution is 5.98. The van der Waals surface area contributed by atoms with E-state index in [9.17, 15) is 4.79 Å². The first-order chi connectivity index (χ1) is 9.10. The summed E-state index contributed by atoms with van der Waals surface area (Å²) in [6, 6.07) is 6.02. The third-order valence-corrected chi connectivity index (χ3v) is 3.08. The lowest BCUT2D eigenvalue weighted by atomic mass is 10.1. The number of hydrogen-bond donors (Lipinski definition) is 2. The molecule has 0 aromatic heterocycles. The molecule has 1 heterocycles. The minimum Gasteiger partial charge on any atom is -0.489 e. The van der Waals surface area contributed by atoms with Crippen molar-refractivity contribution in [3.63, 3.8) is 0 Å². The molecule has 0 spiro atoms. The molecule has 4 nitrogen and oxygen atoms in total. The quantitative estimate of drug-likeness (QED) is 0.874. The van der Waals surface area contributed by atoms with Crippen LogP contribution in [0.15, 0.2) is 18.2 Å². The highest BCUT2D eigenvalue weighted by Gasteiger charge is 2.22. The predicted octanol–water partition coefficient (Wildman–Crippen LogP) is 3.40. The highest BCUT2D eigenvalue weighted by Crippen LogP contribution is 2.36. The Morgan fingerprint density at radius 2 is 2.21 bits per heavy atom. The number of nitrogens with one attached hydrogen (secondary N) is 2. The normalized spacial score (nSPS) is 18.3. The minimum absolute atomic E-state index is 0.0458. The van der Waals surface area contributed by atoms with Gasteiger partial charge >= 0.3 is 0 Å². The Labute approximate surface area is 114 Å². The molecule has 4 heteroatoms. The Morgan fingerprint density at radius 1 is 1.42 bits per heavy atom. The van der Waals surface area contributed by atoms with Crippen molar-refractivity contribution in [2.45, 2.75) is 52.2 Å². The van der Waals surface area contributed by atoms with E-state index in [-0.39, 0.29) is 18.1 Å². The first-order valence-corrected chi connectivity index (χ1v) is 6.96. The Hall–Kier alpha value is -1.71. The van der Waals surface area contributed by atoms with E-state index in [2.05, 4.69) is 17.6 Å². The number of ether oxygens (including phenoxy) is 1. The molecule has 2 rings (SSSR count). The van der Waals surface area contributed by atoms with Crippen LogP contribution in [-0.4, -0.2) is 18.1 Å². The van der Waals surface area contributed by atoms with E-state index in [4.69, 9.17) is 4.74 Å². The third kappa shape index (κ3) is 3.40. The fourth-order valence-electron chi connectivity index (χ4n) is 2.34. The Morgan fingerprint density at radius 3 is 2.89 bits per heavy atom. The maximum Gasteiger partial charge on any atom is 0.226 e. The van der Waals surface area contributed by atoms with Gasteiger partial charge in [0.25, 0.3) is 0 Å². The van der Waals surface area contributed by atoms with Gasteiger partial charge in [0.1, 0.15) is 11.4 Å². The lowest BCUT2D eigenvalue weighted by Gasteiger charge is -2.18. The molecule has 1 unspecified atom stereocenters. The van der Waals surface area contributed by atoms with Crippen LogP contribution >= 0.6 is 0 Å². The number of anilines is 2. The predicted molar refractivity (Wildman–Crippen MR) is 77.8 cm³/mol. The number of rotatable bonds is 4. The van der Waals surface area contributed by atoms with Crippen molar-refractivity contribution in [2.24, 2.45) is 0 Å². The highest BCUT2D eigenvalue weighted by atomic mass is 16.5. The zero-order valence-corrected chi connectivity index (χ0v) is 11.8. The fraction of sp³-hybridized carbons (Fsp3) is 0.533. The zero-order valence-electron chi connectivity index (χ0n) is 11.8. The molecule has 0 fully saturated rings. The summed E-state index contributed by atoms with van der Waals surface area (Å²) >= 11 is 0. The summed E-state index contributed by atoms with van der Waals surface area (Å²) in [6.45, 7) is 6.08. The average Bonchev–Trinajstić information content (AvgIpc) is 2.47. The summed E-state index contributed by atoms with van der Waals surface area (Å²) < 4.78 is 5.76. The van der Waals surface area contributed by atoms with Crippen LogP contribution in [0.5, 0.6) is 5.75 Å². The van der Waals surface area contributed by atoms with Gasteiger partial charge in [0.15, 0.2) is 0 Å². The third-order valence-electron chi connectivity index (χ3n) is 3.08. The smallest absolute Gasteiger partial charge is 0.226 e. The number of fused-ring (bicyclic) bond motifs is 1. The van der Waals surface area contributed by atoms with Crippen LogP contribution in [0.4, 0.5) is 11.4 Å². The van der Waals surface area contributed by atoms with Crippen LogP contribution in [0, 0.1) is 0 Å². The molecule has 0 aliphatic carbocycles. The summed E-state index contributed by atoms with van der Waals surface area (Å²) in [5.74, 6) is 0.773. The second-order valence-corrected chi connectivity index (χ2v) is 5.23. The molecule has 1 aromatic carbocycles. The lowest BCUT2D eigenvalue weighted by Crippen LogP contribution is -2.22. The van der Waals surface area contributed by atoms with Crippen LogP contribution in [0.1, 0.15) is 40.0 Å². The molecular formula is C15H22N2O2. The largest absolute Gasteiger partial charge is 0.489 e. The maximum atomic E-state index is 12.0. The summed E-state index contributed by atoms with van der Waals surface area (Å²) in [7, 11) is 0. The molecule has 1 amide bonds. The molecule has 1 atom stereocenters. The maximum absolute atomic E-state index is 12.0. The number of carbonyl (C=O) groups excluding carboxylic acids is 1. The van der Waals surface area contributed by atoms with E-state index in [1.807, 2.05) is 32.0 Å². The number of benzene rings is 1. The number of carbonyl (C=O) groups is 1. The molecule has 0 saturated carbocycles. The molecule has 0 bridgehead atoms. The molecule has 19 heavy (non-hydrogen) atoms. The second kappa shape index (κ2) is 5.95. The van der Waals surface area contributed by atoms with Crippen molar-refractivity contribution >= 4 is 17.3 Å². The molecule has 104 valence electrons. The van der Waals surface area contributed by atoms with E-state index in [0.29, 0.717) is 6.42 Å². The number of amides is 1. The molecular weight excluding hydrogens is 240 g/mol. The summed E-state index contributed by atoms with van der Waals surface area (Å²) in [5.41, 5.74) is 1.71. The Balaban J connectivity index is 2.31. The molecule has 0 radical (unpaired) electrons. The van der Waals surface area contributed by atoms with Crippen molar-refractivity contribution in [3.8, 4) is 5.75 Å². The van der Waals surface area contributed by atoms with Crippen LogP contribution in [0.3, 0.4) is 0 Å². The SMILES string of the molecule is CCCC1CC(=O)Nc2c(cccc2OC(C)C)N1.